The van der Waals surface area contributed by atoms with Crippen LogP contribution in [-0.4, -0.2) is 31.8 Å². The van der Waals surface area contributed by atoms with Crippen molar-refractivity contribution in [2.24, 2.45) is 5.73 Å². The van der Waals surface area contributed by atoms with Gasteiger partial charge in [-0.1, -0.05) is 36.4 Å². The molecule has 0 fully saturated rings. The van der Waals surface area contributed by atoms with Crippen LogP contribution in [0.2, 0.25) is 0 Å². The van der Waals surface area contributed by atoms with Gasteiger partial charge in [-0.05, 0) is 31.0 Å². The summed E-state index contributed by atoms with van der Waals surface area (Å²) in [6.45, 7) is 0. The molecule has 2 aromatic carbocycles. The molecule has 5 rings (SSSR count). The SMILES string of the molecule is COC(=O)C1=C(N)N(c2ccccc2)C2=C(C(=O)CCC2)C12C(=O)N(C)c1ccccc12. The van der Waals surface area contributed by atoms with Crippen LogP contribution in [0, 0.1) is 0 Å². The van der Waals surface area contributed by atoms with E-state index >= 15 is 0 Å². The Hall–Kier alpha value is -3.87. The maximum absolute atomic E-state index is 14.0. The number of carbonyl (C=O) groups excluding carboxylic acids is 3. The highest BCUT2D eigenvalue weighted by atomic mass is 16.5. The number of anilines is 2. The molecular weight excluding hydrogens is 406 g/mol. The number of carbonyl (C=O) groups is 3. The van der Waals surface area contributed by atoms with Crippen LogP contribution in [-0.2, 0) is 24.5 Å². The standard InChI is InChI=1S/C25H23N3O4/c1-27-17-12-7-6-11-16(17)25(24(27)31)20-18(13-8-14-19(20)29)28(15-9-4-3-5-10-15)22(26)21(25)23(30)32-2/h3-7,9-12H,8,13-14,26H2,1-2H3. The minimum atomic E-state index is -1.62. The molecule has 1 unspecified atom stereocenters. The first-order valence-corrected chi connectivity index (χ1v) is 10.5. The molecule has 2 N–H and O–H groups in total. The zero-order chi connectivity index (χ0) is 22.6. The van der Waals surface area contributed by atoms with Gasteiger partial charge in [-0.25, -0.2) is 4.79 Å². The second-order valence-electron chi connectivity index (χ2n) is 8.15. The lowest BCUT2D eigenvalue weighted by molar-refractivity contribution is -0.138. The average molecular weight is 429 g/mol. The average Bonchev–Trinajstić information content (AvgIpc) is 3.02. The Labute approximate surface area is 185 Å². The zero-order valence-electron chi connectivity index (χ0n) is 17.9. The smallest absolute Gasteiger partial charge is 0.339 e. The van der Waals surface area contributed by atoms with Gasteiger partial charge in [0.2, 0.25) is 5.91 Å². The van der Waals surface area contributed by atoms with E-state index in [9.17, 15) is 14.4 Å². The Balaban J connectivity index is 1.94. The number of allylic oxidation sites excluding steroid dienone is 1. The van der Waals surface area contributed by atoms with Gasteiger partial charge in [0.1, 0.15) is 16.8 Å². The summed E-state index contributed by atoms with van der Waals surface area (Å²) < 4.78 is 5.14. The van der Waals surface area contributed by atoms with Crippen LogP contribution in [0.4, 0.5) is 11.4 Å². The number of fused-ring (bicyclic) bond motifs is 3. The van der Waals surface area contributed by atoms with E-state index in [1.54, 1.807) is 24.1 Å². The Bertz CT molecular complexity index is 1230. The molecule has 7 heteroatoms. The van der Waals surface area contributed by atoms with Gasteiger partial charge in [0, 0.05) is 41.7 Å². The van der Waals surface area contributed by atoms with Gasteiger partial charge in [0.05, 0.1) is 7.11 Å². The fraction of sp³-hybridized carbons (Fsp3) is 0.240. The third-order valence-corrected chi connectivity index (χ3v) is 6.60. The number of hydrogen-bond donors (Lipinski definition) is 1. The largest absolute Gasteiger partial charge is 0.466 e. The van der Waals surface area contributed by atoms with Crippen molar-refractivity contribution in [1.82, 2.24) is 0 Å². The minimum absolute atomic E-state index is 0.0142. The number of nitrogens with zero attached hydrogens (tertiary/aromatic N) is 2. The Kier molecular flexibility index (Phi) is 4.44. The summed E-state index contributed by atoms with van der Waals surface area (Å²) in [7, 11) is 2.91. The molecule has 0 aromatic heterocycles. The molecule has 2 aromatic rings. The molecule has 32 heavy (non-hydrogen) atoms. The molecule has 1 atom stereocenters. The number of nitrogens with two attached hydrogens (primary N) is 1. The van der Waals surface area contributed by atoms with Crippen molar-refractivity contribution in [3.8, 4) is 0 Å². The van der Waals surface area contributed by atoms with E-state index in [0.29, 0.717) is 41.8 Å². The number of likely N-dealkylation sites (N-methyl/N-ethyl adjacent to an activating group) is 1. The van der Waals surface area contributed by atoms with Crippen LogP contribution < -0.4 is 15.5 Å². The third kappa shape index (κ3) is 2.39. The van der Waals surface area contributed by atoms with Crippen LogP contribution in [0.5, 0.6) is 0 Å². The maximum Gasteiger partial charge on any atom is 0.339 e. The lowest BCUT2D eigenvalue weighted by Crippen LogP contribution is -2.54. The highest BCUT2D eigenvalue weighted by Crippen LogP contribution is 2.56. The monoisotopic (exact) mass is 429 g/mol. The highest BCUT2D eigenvalue weighted by molar-refractivity contribution is 6.24. The first-order valence-electron chi connectivity index (χ1n) is 10.5. The predicted molar refractivity (Wildman–Crippen MR) is 120 cm³/mol. The van der Waals surface area contributed by atoms with Gasteiger partial charge in [-0.2, -0.15) is 0 Å². The van der Waals surface area contributed by atoms with E-state index in [1.807, 2.05) is 42.5 Å². The molecule has 3 aliphatic rings. The molecule has 0 saturated heterocycles. The molecule has 2 heterocycles. The van der Waals surface area contributed by atoms with Gasteiger partial charge in [0.15, 0.2) is 5.78 Å². The van der Waals surface area contributed by atoms with Crippen molar-refractivity contribution < 1.29 is 19.1 Å². The van der Waals surface area contributed by atoms with Crippen LogP contribution in [0.3, 0.4) is 0 Å². The van der Waals surface area contributed by atoms with Crippen LogP contribution in [0.15, 0.2) is 77.3 Å². The fourth-order valence-corrected chi connectivity index (χ4v) is 5.33. The molecular formula is C25H23N3O4. The number of amides is 1. The summed E-state index contributed by atoms with van der Waals surface area (Å²) in [5.41, 5.74) is 7.98. The van der Waals surface area contributed by atoms with Crippen LogP contribution in [0.1, 0.15) is 24.8 Å². The summed E-state index contributed by atoms with van der Waals surface area (Å²) in [4.78, 5) is 44.0. The maximum atomic E-state index is 14.0. The van der Waals surface area contributed by atoms with Gasteiger partial charge in [0.25, 0.3) is 0 Å². The van der Waals surface area contributed by atoms with E-state index in [1.165, 1.54) is 12.0 Å². The van der Waals surface area contributed by atoms with Crippen molar-refractivity contribution in [1.29, 1.82) is 0 Å². The number of esters is 1. The molecule has 1 aliphatic carbocycles. The van der Waals surface area contributed by atoms with Crippen molar-refractivity contribution in [3.63, 3.8) is 0 Å². The van der Waals surface area contributed by atoms with Crippen LogP contribution in [0.25, 0.3) is 0 Å². The quantitative estimate of drug-likeness (QED) is 0.738. The van der Waals surface area contributed by atoms with Gasteiger partial charge >= 0.3 is 5.97 Å². The molecule has 1 amide bonds. The number of benzene rings is 2. The van der Waals surface area contributed by atoms with Gasteiger partial charge in [-0.15, -0.1) is 0 Å². The number of ether oxygens (including phenoxy) is 1. The molecule has 0 bridgehead atoms. The number of rotatable bonds is 2. The van der Waals surface area contributed by atoms with E-state index in [-0.39, 0.29) is 23.1 Å². The lowest BCUT2D eigenvalue weighted by Gasteiger charge is -2.44. The Morgan fingerprint density at radius 2 is 1.72 bits per heavy atom. The second kappa shape index (κ2) is 7.09. The normalized spacial score (nSPS) is 22.4. The lowest BCUT2D eigenvalue weighted by atomic mass is 9.63. The number of ketones is 1. The third-order valence-electron chi connectivity index (χ3n) is 6.60. The molecule has 2 aliphatic heterocycles. The summed E-state index contributed by atoms with van der Waals surface area (Å²) >= 11 is 0. The summed E-state index contributed by atoms with van der Waals surface area (Å²) in [5, 5.41) is 0. The minimum Gasteiger partial charge on any atom is -0.466 e. The number of hydrogen-bond acceptors (Lipinski definition) is 6. The predicted octanol–water partition coefficient (Wildman–Crippen LogP) is 2.77. The van der Waals surface area contributed by atoms with Crippen molar-refractivity contribution in [3.05, 3.63) is 82.8 Å². The molecule has 0 radical (unpaired) electrons. The van der Waals surface area contributed by atoms with Crippen LogP contribution >= 0.6 is 0 Å². The number of Topliss-reactive ketones (excluding diaryl/α,β-unsaturated/α-hetero) is 1. The first kappa shape index (κ1) is 20.1. The highest BCUT2D eigenvalue weighted by Gasteiger charge is 2.63. The summed E-state index contributed by atoms with van der Waals surface area (Å²) in [6.07, 6.45) is 1.51. The van der Waals surface area contributed by atoms with E-state index < -0.39 is 11.4 Å². The summed E-state index contributed by atoms with van der Waals surface area (Å²) in [5.74, 6) is -1.15. The number of para-hydroxylation sites is 2. The van der Waals surface area contributed by atoms with Crippen molar-refractivity contribution >= 4 is 29.0 Å². The summed E-state index contributed by atoms with van der Waals surface area (Å²) in [6, 6.07) is 16.5. The van der Waals surface area contributed by atoms with Crippen molar-refractivity contribution in [2.75, 3.05) is 24.0 Å². The van der Waals surface area contributed by atoms with Gasteiger partial charge in [-0.3, -0.25) is 14.5 Å². The Morgan fingerprint density at radius 1 is 1.03 bits per heavy atom. The molecule has 162 valence electrons. The van der Waals surface area contributed by atoms with Gasteiger partial charge < -0.3 is 15.4 Å². The van der Waals surface area contributed by atoms with E-state index in [2.05, 4.69) is 0 Å². The van der Waals surface area contributed by atoms with Crippen molar-refractivity contribution in [2.45, 2.75) is 24.7 Å². The zero-order valence-corrected chi connectivity index (χ0v) is 17.9. The fourth-order valence-electron chi connectivity index (χ4n) is 5.33. The van der Waals surface area contributed by atoms with E-state index in [0.717, 1.165) is 5.69 Å². The molecule has 7 nitrogen and oxygen atoms in total. The van der Waals surface area contributed by atoms with E-state index in [4.69, 9.17) is 10.5 Å². The second-order valence-corrected chi connectivity index (χ2v) is 8.15. The Morgan fingerprint density at radius 3 is 2.44 bits per heavy atom. The topological polar surface area (TPSA) is 92.9 Å². The molecule has 1 spiro atoms. The number of methoxy groups -OCH3 is 1. The molecule has 0 saturated carbocycles. The first-order chi connectivity index (χ1) is 15.4.